The molecule has 0 saturated heterocycles. The number of hydrogen-bond acceptors (Lipinski definition) is 6. The first-order valence-corrected chi connectivity index (χ1v) is 14.1. The fourth-order valence-electron chi connectivity index (χ4n) is 4.46. The SMILES string of the molecule is CNc1cc(C(=O)C(C)C)cc(C(=O)C(C)CCC(C)C(=O)c2cc(CNC(C)C)ccc2C(=O)C(C)C)c1. The second kappa shape index (κ2) is 14.3. The molecule has 2 N–H and O–H groups in total. The number of rotatable bonds is 15. The predicted octanol–water partition coefficient (Wildman–Crippen LogP) is 7.02. The summed E-state index contributed by atoms with van der Waals surface area (Å²) >= 11 is 0. The lowest BCUT2D eigenvalue weighted by atomic mass is 9.85. The van der Waals surface area contributed by atoms with E-state index in [1.807, 2.05) is 53.7 Å². The van der Waals surface area contributed by atoms with Gasteiger partial charge in [0.1, 0.15) is 0 Å². The normalized spacial score (nSPS) is 13.0. The number of ketones is 4. The molecule has 2 rings (SSSR count). The molecule has 0 aromatic heterocycles. The van der Waals surface area contributed by atoms with Crippen molar-refractivity contribution in [2.24, 2.45) is 23.7 Å². The summed E-state index contributed by atoms with van der Waals surface area (Å²) in [5.41, 5.74) is 3.61. The van der Waals surface area contributed by atoms with Crippen LogP contribution in [-0.4, -0.2) is 36.2 Å². The van der Waals surface area contributed by atoms with Gasteiger partial charge in [0.25, 0.3) is 0 Å². The second-order valence-electron chi connectivity index (χ2n) is 11.6. The third kappa shape index (κ3) is 8.69. The molecule has 0 fully saturated rings. The standard InChI is InChI=1S/C33H46N2O4/c1-19(2)30(36)25-15-26(17-27(16-25)34-9)32(38)22(7)10-11-23(8)33(39)29-14-24(18-35-21(5)6)12-13-28(29)31(37)20(3)4/h12-17,19-23,34-35H,10-11,18H2,1-9H3. The van der Waals surface area contributed by atoms with Crippen molar-refractivity contribution in [3.63, 3.8) is 0 Å². The number of nitrogens with one attached hydrogen (secondary N) is 2. The molecule has 0 bridgehead atoms. The Morgan fingerprint density at radius 2 is 1.18 bits per heavy atom. The van der Waals surface area contributed by atoms with E-state index in [9.17, 15) is 19.2 Å². The van der Waals surface area contributed by atoms with E-state index in [0.29, 0.717) is 47.7 Å². The van der Waals surface area contributed by atoms with Crippen LogP contribution in [0.1, 0.15) is 115 Å². The third-order valence-electron chi connectivity index (χ3n) is 7.10. The van der Waals surface area contributed by atoms with Crippen molar-refractivity contribution in [3.8, 4) is 0 Å². The van der Waals surface area contributed by atoms with Gasteiger partial charge in [-0.25, -0.2) is 0 Å². The minimum Gasteiger partial charge on any atom is -0.388 e. The van der Waals surface area contributed by atoms with E-state index in [0.717, 1.165) is 11.3 Å². The minimum atomic E-state index is -0.353. The quantitative estimate of drug-likeness (QED) is 0.239. The van der Waals surface area contributed by atoms with Crippen molar-refractivity contribution in [2.45, 2.75) is 80.8 Å². The van der Waals surface area contributed by atoms with E-state index in [2.05, 4.69) is 24.5 Å². The first kappa shape index (κ1) is 32.1. The summed E-state index contributed by atoms with van der Waals surface area (Å²) in [7, 11) is 1.76. The maximum Gasteiger partial charge on any atom is 0.166 e. The molecule has 0 amide bonds. The largest absolute Gasteiger partial charge is 0.388 e. The van der Waals surface area contributed by atoms with Gasteiger partial charge in [-0.3, -0.25) is 19.2 Å². The molecule has 0 heterocycles. The summed E-state index contributed by atoms with van der Waals surface area (Å²) in [6.07, 6.45) is 1.03. The van der Waals surface area contributed by atoms with Gasteiger partial charge in [0.15, 0.2) is 23.1 Å². The van der Waals surface area contributed by atoms with Crippen molar-refractivity contribution >= 4 is 28.8 Å². The molecular formula is C33H46N2O4. The number of hydrogen-bond donors (Lipinski definition) is 2. The number of carbonyl (C=O) groups is 4. The zero-order valence-corrected chi connectivity index (χ0v) is 25.1. The molecule has 39 heavy (non-hydrogen) atoms. The third-order valence-corrected chi connectivity index (χ3v) is 7.10. The van der Waals surface area contributed by atoms with Crippen molar-refractivity contribution in [1.82, 2.24) is 5.32 Å². The van der Waals surface area contributed by atoms with Gasteiger partial charge in [-0.2, -0.15) is 0 Å². The molecular weight excluding hydrogens is 488 g/mol. The number of carbonyl (C=O) groups excluding carboxylic acids is 4. The van der Waals surface area contributed by atoms with Crippen LogP contribution in [0, 0.1) is 23.7 Å². The van der Waals surface area contributed by atoms with Crippen LogP contribution in [0.25, 0.3) is 0 Å². The van der Waals surface area contributed by atoms with Crippen molar-refractivity contribution in [1.29, 1.82) is 0 Å². The molecule has 2 unspecified atom stereocenters. The van der Waals surface area contributed by atoms with Gasteiger partial charge in [0.05, 0.1) is 0 Å². The van der Waals surface area contributed by atoms with Gasteiger partial charge in [0.2, 0.25) is 0 Å². The fraction of sp³-hybridized carbons (Fsp3) is 0.515. The Morgan fingerprint density at radius 1 is 0.641 bits per heavy atom. The van der Waals surface area contributed by atoms with Crippen molar-refractivity contribution < 1.29 is 19.2 Å². The number of Topliss-reactive ketones (excluding diaryl/α,β-unsaturated/α-hetero) is 4. The first-order valence-electron chi connectivity index (χ1n) is 14.1. The Bertz CT molecular complexity index is 1200. The Balaban J connectivity index is 2.22. The van der Waals surface area contributed by atoms with Crippen LogP contribution in [0.2, 0.25) is 0 Å². The Labute approximate surface area is 234 Å². The molecule has 6 nitrogen and oxygen atoms in total. The van der Waals surface area contributed by atoms with E-state index >= 15 is 0 Å². The zero-order valence-electron chi connectivity index (χ0n) is 25.1. The van der Waals surface area contributed by atoms with Gasteiger partial charge >= 0.3 is 0 Å². The highest BCUT2D eigenvalue weighted by molar-refractivity contribution is 6.10. The van der Waals surface area contributed by atoms with Gasteiger partial charge in [-0.15, -0.1) is 0 Å². The van der Waals surface area contributed by atoms with Crippen LogP contribution < -0.4 is 10.6 Å². The molecule has 0 spiro atoms. The van der Waals surface area contributed by atoms with Crippen molar-refractivity contribution in [2.75, 3.05) is 12.4 Å². The first-order chi connectivity index (χ1) is 18.3. The van der Waals surface area contributed by atoms with E-state index < -0.39 is 0 Å². The van der Waals surface area contributed by atoms with Crippen LogP contribution >= 0.6 is 0 Å². The Hall–Kier alpha value is -3.12. The summed E-state index contributed by atoms with van der Waals surface area (Å²) in [5, 5.41) is 6.40. The summed E-state index contributed by atoms with van der Waals surface area (Å²) in [6.45, 7) is 15.8. The van der Waals surface area contributed by atoms with Crippen LogP contribution in [0.15, 0.2) is 36.4 Å². The number of benzene rings is 2. The molecule has 0 saturated carbocycles. The molecule has 0 aliphatic heterocycles. The molecule has 2 aromatic carbocycles. The number of anilines is 1. The van der Waals surface area contributed by atoms with Gasteiger partial charge in [-0.1, -0.05) is 67.5 Å². The minimum absolute atomic E-state index is 0.00871. The molecule has 0 aliphatic carbocycles. The molecule has 0 aliphatic rings. The zero-order chi connectivity index (χ0) is 29.4. The predicted molar refractivity (Wildman–Crippen MR) is 159 cm³/mol. The monoisotopic (exact) mass is 534 g/mol. The van der Waals surface area contributed by atoms with Crippen LogP contribution in [-0.2, 0) is 6.54 Å². The van der Waals surface area contributed by atoms with Gasteiger partial charge in [0, 0.05) is 71.2 Å². The lowest BCUT2D eigenvalue weighted by molar-refractivity contribution is 0.0875. The summed E-state index contributed by atoms with van der Waals surface area (Å²) in [5.74, 6) is -1.25. The molecule has 0 radical (unpaired) electrons. The Kier molecular flexibility index (Phi) is 11.8. The fourth-order valence-corrected chi connectivity index (χ4v) is 4.46. The molecule has 212 valence electrons. The summed E-state index contributed by atoms with van der Waals surface area (Å²) in [6, 6.07) is 11.0. The molecule has 6 heteroatoms. The summed E-state index contributed by atoms with van der Waals surface area (Å²) in [4.78, 5) is 52.4. The van der Waals surface area contributed by atoms with Crippen molar-refractivity contribution in [3.05, 3.63) is 64.2 Å². The Morgan fingerprint density at radius 3 is 1.69 bits per heavy atom. The highest BCUT2D eigenvalue weighted by Gasteiger charge is 2.25. The maximum atomic E-state index is 13.6. The summed E-state index contributed by atoms with van der Waals surface area (Å²) < 4.78 is 0. The van der Waals surface area contributed by atoms with Crippen LogP contribution in [0.5, 0.6) is 0 Å². The molecule has 2 aromatic rings. The van der Waals surface area contributed by atoms with Crippen LogP contribution in [0.4, 0.5) is 5.69 Å². The average Bonchev–Trinajstić information content (AvgIpc) is 2.92. The van der Waals surface area contributed by atoms with Gasteiger partial charge in [-0.05, 0) is 42.7 Å². The van der Waals surface area contributed by atoms with E-state index in [4.69, 9.17) is 0 Å². The van der Waals surface area contributed by atoms with Gasteiger partial charge < -0.3 is 10.6 Å². The second-order valence-corrected chi connectivity index (χ2v) is 11.6. The molecule has 2 atom stereocenters. The highest BCUT2D eigenvalue weighted by atomic mass is 16.1. The lowest BCUT2D eigenvalue weighted by Crippen LogP contribution is -2.23. The highest BCUT2D eigenvalue weighted by Crippen LogP contribution is 2.26. The van der Waals surface area contributed by atoms with E-state index in [-0.39, 0.29) is 46.8 Å². The van der Waals surface area contributed by atoms with E-state index in [1.54, 1.807) is 31.3 Å². The average molecular weight is 535 g/mol. The topological polar surface area (TPSA) is 92.3 Å². The van der Waals surface area contributed by atoms with Crippen LogP contribution in [0.3, 0.4) is 0 Å². The maximum absolute atomic E-state index is 13.6. The lowest BCUT2D eigenvalue weighted by Gasteiger charge is -2.18. The van der Waals surface area contributed by atoms with E-state index in [1.165, 1.54) is 0 Å². The smallest absolute Gasteiger partial charge is 0.166 e.